The molecular weight excluding hydrogens is 321 g/mol. The van der Waals surface area contributed by atoms with Crippen LogP contribution in [0, 0.1) is 5.92 Å². The second-order valence-electron chi connectivity index (χ2n) is 5.57. The molecule has 0 aromatic heterocycles. The number of ether oxygens (including phenoxy) is 2. The third-order valence-electron chi connectivity index (χ3n) is 3.34. The van der Waals surface area contributed by atoms with Crippen LogP contribution in [0.5, 0.6) is 0 Å². The molecule has 2 rings (SSSR count). The number of carbonyl (C=O) groups is 1. The molecule has 1 aromatic rings. The lowest BCUT2D eigenvalue weighted by molar-refractivity contribution is -0.0786. The smallest absolute Gasteiger partial charge is 0.434 e. The first-order valence-electron chi connectivity index (χ1n) is 7.50. The van der Waals surface area contributed by atoms with Crippen LogP contribution in [-0.2, 0) is 25.3 Å². The van der Waals surface area contributed by atoms with Crippen LogP contribution in [0.1, 0.15) is 18.4 Å². The zero-order chi connectivity index (χ0) is 16.7. The maximum atomic E-state index is 12.2. The third-order valence-corrected chi connectivity index (χ3v) is 3.84. The van der Waals surface area contributed by atoms with E-state index in [1.807, 2.05) is 30.3 Å². The van der Waals surface area contributed by atoms with Crippen molar-refractivity contribution in [3.05, 3.63) is 35.9 Å². The molecule has 1 aliphatic rings. The average Bonchev–Trinajstić information content (AvgIpc) is 2.53. The predicted molar refractivity (Wildman–Crippen MR) is 83.7 cm³/mol. The fourth-order valence-corrected chi connectivity index (χ4v) is 2.80. The molecule has 1 saturated heterocycles. The lowest BCUT2D eigenvalue weighted by atomic mass is 10.0. The van der Waals surface area contributed by atoms with Gasteiger partial charge in [0.1, 0.15) is 6.61 Å². The van der Waals surface area contributed by atoms with E-state index < -0.39 is 13.7 Å². The van der Waals surface area contributed by atoms with E-state index in [1.165, 1.54) is 0 Å². The summed E-state index contributed by atoms with van der Waals surface area (Å²) in [5.74, 6) is 0.0552. The summed E-state index contributed by atoms with van der Waals surface area (Å²) in [4.78, 5) is 21.6. The van der Waals surface area contributed by atoms with Crippen molar-refractivity contribution in [2.75, 3.05) is 26.4 Å². The first-order valence-corrected chi connectivity index (χ1v) is 9.52. The fraction of sp³-hybridized carbons (Fsp3) is 0.533. The monoisotopic (exact) mass is 343 g/mol. The van der Waals surface area contributed by atoms with Crippen LogP contribution in [0.2, 0.25) is 0 Å². The van der Waals surface area contributed by atoms with Crippen LogP contribution in [0.15, 0.2) is 30.3 Å². The second-order valence-corrected chi connectivity index (χ2v) is 7.34. The SMILES string of the molecule is CP(=O)(O)ON(CC1CCCOC1)C(=O)OCc1ccccc1. The molecule has 1 N–H and O–H groups in total. The Morgan fingerprint density at radius 3 is 2.78 bits per heavy atom. The summed E-state index contributed by atoms with van der Waals surface area (Å²) in [7, 11) is -3.85. The molecule has 128 valence electrons. The molecule has 0 radical (unpaired) electrons. The highest BCUT2D eigenvalue weighted by molar-refractivity contribution is 7.51. The molecule has 0 saturated carbocycles. The second kappa shape index (κ2) is 8.45. The third kappa shape index (κ3) is 6.71. The molecule has 0 bridgehead atoms. The van der Waals surface area contributed by atoms with Crippen LogP contribution >= 0.6 is 7.60 Å². The van der Waals surface area contributed by atoms with E-state index in [0.717, 1.165) is 30.1 Å². The minimum absolute atomic E-state index is 0.0552. The summed E-state index contributed by atoms with van der Waals surface area (Å²) in [6, 6.07) is 9.19. The van der Waals surface area contributed by atoms with Crippen LogP contribution in [0.25, 0.3) is 0 Å². The normalized spacial score (nSPS) is 20.5. The predicted octanol–water partition coefficient (Wildman–Crippen LogP) is 2.80. The molecule has 2 atom stereocenters. The van der Waals surface area contributed by atoms with E-state index in [4.69, 9.17) is 14.1 Å². The van der Waals surface area contributed by atoms with Crippen molar-refractivity contribution in [3.63, 3.8) is 0 Å². The fourth-order valence-electron chi connectivity index (χ4n) is 2.30. The lowest BCUT2D eigenvalue weighted by Gasteiger charge is -2.28. The number of hydrogen-bond donors (Lipinski definition) is 1. The van der Waals surface area contributed by atoms with Crippen molar-refractivity contribution in [1.29, 1.82) is 0 Å². The van der Waals surface area contributed by atoms with Gasteiger partial charge in [0.2, 0.25) is 0 Å². The van der Waals surface area contributed by atoms with Gasteiger partial charge in [-0.2, -0.15) is 9.69 Å². The molecule has 1 fully saturated rings. The van der Waals surface area contributed by atoms with E-state index in [2.05, 4.69) is 0 Å². The molecule has 23 heavy (non-hydrogen) atoms. The van der Waals surface area contributed by atoms with Gasteiger partial charge < -0.3 is 14.4 Å². The summed E-state index contributed by atoms with van der Waals surface area (Å²) in [6.07, 6.45) is 0.974. The topological polar surface area (TPSA) is 85.3 Å². The van der Waals surface area contributed by atoms with Crippen LogP contribution < -0.4 is 0 Å². The maximum absolute atomic E-state index is 12.2. The number of hydroxylamine groups is 2. The average molecular weight is 343 g/mol. The Balaban J connectivity index is 1.94. The highest BCUT2D eigenvalue weighted by Crippen LogP contribution is 2.38. The van der Waals surface area contributed by atoms with Crippen molar-refractivity contribution in [1.82, 2.24) is 5.06 Å². The first-order chi connectivity index (χ1) is 10.9. The van der Waals surface area contributed by atoms with Gasteiger partial charge in [-0.05, 0) is 18.4 Å². The van der Waals surface area contributed by atoms with Crippen LogP contribution in [0.4, 0.5) is 4.79 Å². The molecule has 2 unspecified atom stereocenters. The van der Waals surface area contributed by atoms with Gasteiger partial charge in [-0.3, -0.25) is 4.57 Å². The van der Waals surface area contributed by atoms with Gasteiger partial charge in [0, 0.05) is 19.2 Å². The Hall–Kier alpha value is -1.40. The highest BCUT2D eigenvalue weighted by Gasteiger charge is 2.28. The van der Waals surface area contributed by atoms with E-state index in [0.29, 0.717) is 13.2 Å². The number of carbonyl (C=O) groups excluding carboxylic acids is 1. The van der Waals surface area contributed by atoms with Gasteiger partial charge in [0.05, 0.1) is 13.2 Å². The summed E-state index contributed by atoms with van der Waals surface area (Å²) in [5, 5.41) is 0.836. The van der Waals surface area contributed by atoms with Gasteiger partial charge in [-0.25, -0.2) is 4.79 Å². The van der Waals surface area contributed by atoms with Crippen molar-refractivity contribution in [2.24, 2.45) is 5.92 Å². The number of hydrogen-bond acceptors (Lipinski definition) is 5. The van der Waals surface area contributed by atoms with Crippen molar-refractivity contribution >= 4 is 13.7 Å². The lowest BCUT2D eigenvalue weighted by Crippen LogP contribution is -2.37. The molecule has 1 aliphatic heterocycles. The van der Waals surface area contributed by atoms with E-state index >= 15 is 0 Å². The zero-order valence-electron chi connectivity index (χ0n) is 13.1. The Labute approximate surface area is 135 Å². The molecule has 1 amide bonds. The Morgan fingerprint density at radius 2 is 2.17 bits per heavy atom. The molecule has 7 nitrogen and oxygen atoms in total. The largest absolute Gasteiger partial charge is 0.443 e. The first kappa shape index (κ1) is 17.9. The number of amides is 1. The van der Waals surface area contributed by atoms with Gasteiger partial charge >= 0.3 is 13.7 Å². The van der Waals surface area contributed by atoms with Gasteiger partial charge in [-0.1, -0.05) is 30.3 Å². The van der Waals surface area contributed by atoms with Crippen LogP contribution in [0.3, 0.4) is 0 Å². The Kier molecular flexibility index (Phi) is 6.59. The number of benzene rings is 1. The molecule has 0 spiro atoms. The van der Waals surface area contributed by atoms with Gasteiger partial charge in [0.25, 0.3) is 0 Å². The summed E-state index contributed by atoms with van der Waals surface area (Å²) < 4.78 is 26.9. The Morgan fingerprint density at radius 1 is 1.43 bits per heavy atom. The summed E-state index contributed by atoms with van der Waals surface area (Å²) in [6.45, 7) is 2.45. The molecule has 1 heterocycles. The van der Waals surface area contributed by atoms with Gasteiger partial charge in [0.15, 0.2) is 0 Å². The molecule has 8 heteroatoms. The van der Waals surface area contributed by atoms with Crippen molar-refractivity contribution in [2.45, 2.75) is 19.4 Å². The summed E-state index contributed by atoms with van der Waals surface area (Å²) in [5.41, 5.74) is 0.825. The van der Waals surface area contributed by atoms with E-state index in [1.54, 1.807) is 0 Å². The van der Waals surface area contributed by atoms with E-state index in [-0.39, 0.29) is 19.1 Å². The minimum atomic E-state index is -3.85. The van der Waals surface area contributed by atoms with Crippen LogP contribution in [-0.4, -0.2) is 42.5 Å². The number of nitrogens with zero attached hydrogens (tertiary/aromatic N) is 1. The Bertz CT molecular complexity index is 540. The van der Waals surface area contributed by atoms with Gasteiger partial charge in [-0.15, -0.1) is 0 Å². The standard InChI is InChI=1S/C15H22NO6P/c1-23(18,19)22-16(10-14-8-5-9-20-11-14)15(17)21-12-13-6-3-2-4-7-13/h2-4,6-7,14H,5,8-12H2,1H3,(H,18,19). The van der Waals surface area contributed by atoms with Crippen molar-refractivity contribution in [3.8, 4) is 0 Å². The van der Waals surface area contributed by atoms with E-state index in [9.17, 15) is 14.3 Å². The number of rotatable bonds is 6. The quantitative estimate of drug-likeness (QED) is 0.631. The molecule has 0 aliphatic carbocycles. The zero-order valence-corrected chi connectivity index (χ0v) is 14.0. The molecular formula is C15H22NO6P. The summed E-state index contributed by atoms with van der Waals surface area (Å²) >= 11 is 0. The molecule has 1 aromatic carbocycles. The highest BCUT2D eigenvalue weighted by atomic mass is 31.2. The maximum Gasteiger partial charge on any atom is 0.434 e. The minimum Gasteiger partial charge on any atom is -0.443 e. The van der Waals surface area contributed by atoms with Crippen molar-refractivity contribution < 1.29 is 28.4 Å².